The Labute approximate surface area is 139 Å². The van der Waals surface area contributed by atoms with Gasteiger partial charge >= 0.3 is 0 Å². The summed E-state index contributed by atoms with van der Waals surface area (Å²) in [5, 5.41) is 15.2. The Bertz CT molecular complexity index is 809. The monoisotopic (exact) mass is 326 g/mol. The first kappa shape index (κ1) is 15.9. The van der Waals surface area contributed by atoms with Gasteiger partial charge in [-0.25, -0.2) is 9.97 Å². The van der Waals surface area contributed by atoms with E-state index in [0.717, 1.165) is 11.4 Å². The maximum atomic E-state index is 8.88. The molecule has 0 fully saturated rings. The molecule has 8 heteroatoms. The molecule has 1 aromatic carbocycles. The molecule has 3 N–H and O–H groups in total. The van der Waals surface area contributed by atoms with Gasteiger partial charge in [0, 0.05) is 31.2 Å². The highest BCUT2D eigenvalue weighted by molar-refractivity contribution is 5.85. The fourth-order valence-electron chi connectivity index (χ4n) is 2.12. The lowest BCUT2D eigenvalue weighted by Crippen LogP contribution is -2.09. The van der Waals surface area contributed by atoms with E-state index in [1.165, 1.54) is 0 Å². The van der Waals surface area contributed by atoms with Crippen LogP contribution in [0.4, 0.5) is 17.5 Å². The molecule has 0 saturated carbocycles. The molecule has 0 spiro atoms. The van der Waals surface area contributed by atoms with Crippen LogP contribution in [-0.4, -0.2) is 45.3 Å². The SMILES string of the molecule is COc1ccc(Nc2nc(NCCCO)nc3nccnc23)cc1. The van der Waals surface area contributed by atoms with Crippen molar-refractivity contribution in [2.45, 2.75) is 6.42 Å². The second kappa shape index (κ2) is 7.51. The van der Waals surface area contributed by atoms with Crippen LogP contribution in [0.2, 0.25) is 0 Å². The van der Waals surface area contributed by atoms with E-state index in [4.69, 9.17) is 9.84 Å². The quantitative estimate of drug-likeness (QED) is 0.566. The number of aliphatic hydroxyl groups excluding tert-OH is 1. The molecule has 0 unspecified atom stereocenters. The lowest BCUT2D eigenvalue weighted by atomic mass is 10.3. The molecule has 124 valence electrons. The second-order valence-corrected chi connectivity index (χ2v) is 4.98. The first-order chi connectivity index (χ1) is 11.8. The van der Waals surface area contributed by atoms with Crippen LogP contribution >= 0.6 is 0 Å². The van der Waals surface area contributed by atoms with Crippen molar-refractivity contribution in [1.82, 2.24) is 19.9 Å². The molecule has 2 heterocycles. The summed E-state index contributed by atoms with van der Waals surface area (Å²) in [6.45, 7) is 0.682. The van der Waals surface area contributed by atoms with Crippen molar-refractivity contribution >= 4 is 28.6 Å². The average Bonchev–Trinajstić information content (AvgIpc) is 2.63. The van der Waals surface area contributed by atoms with E-state index in [2.05, 4.69) is 30.6 Å². The number of methoxy groups -OCH3 is 1. The fourth-order valence-corrected chi connectivity index (χ4v) is 2.12. The number of anilines is 3. The normalized spacial score (nSPS) is 10.6. The highest BCUT2D eigenvalue weighted by Crippen LogP contribution is 2.23. The summed E-state index contributed by atoms with van der Waals surface area (Å²) in [6, 6.07) is 7.50. The molecular weight excluding hydrogens is 308 g/mol. The Morgan fingerprint density at radius 3 is 2.62 bits per heavy atom. The van der Waals surface area contributed by atoms with Crippen molar-refractivity contribution in [1.29, 1.82) is 0 Å². The van der Waals surface area contributed by atoms with E-state index in [-0.39, 0.29) is 6.61 Å². The Morgan fingerprint density at radius 2 is 1.88 bits per heavy atom. The van der Waals surface area contributed by atoms with Crippen molar-refractivity contribution in [2.75, 3.05) is 30.9 Å². The molecule has 8 nitrogen and oxygen atoms in total. The van der Waals surface area contributed by atoms with Crippen molar-refractivity contribution in [3.05, 3.63) is 36.7 Å². The van der Waals surface area contributed by atoms with Crippen LogP contribution in [0.25, 0.3) is 11.2 Å². The van der Waals surface area contributed by atoms with Crippen LogP contribution in [0, 0.1) is 0 Å². The van der Waals surface area contributed by atoms with Crippen molar-refractivity contribution < 1.29 is 9.84 Å². The number of ether oxygens (including phenoxy) is 1. The Kier molecular flexibility index (Phi) is 4.97. The summed E-state index contributed by atoms with van der Waals surface area (Å²) in [6.07, 6.45) is 3.80. The maximum Gasteiger partial charge on any atom is 0.226 e. The zero-order valence-corrected chi connectivity index (χ0v) is 13.2. The van der Waals surface area contributed by atoms with Crippen LogP contribution in [0.15, 0.2) is 36.7 Å². The van der Waals surface area contributed by atoms with Crippen molar-refractivity contribution in [3.8, 4) is 5.75 Å². The highest BCUT2D eigenvalue weighted by atomic mass is 16.5. The van der Waals surface area contributed by atoms with E-state index in [0.29, 0.717) is 35.9 Å². The van der Waals surface area contributed by atoms with Gasteiger partial charge < -0.3 is 20.5 Å². The van der Waals surface area contributed by atoms with E-state index in [1.807, 2.05) is 24.3 Å². The van der Waals surface area contributed by atoms with Gasteiger partial charge in [0.05, 0.1) is 7.11 Å². The van der Waals surface area contributed by atoms with Gasteiger partial charge in [-0.15, -0.1) is 0 Å². The van der Waals surface area contributed by atoms with Gasteiger partial charge in [0.1, 0.15) is 5.75 Å². The van der Waals surface area contributed by atoms with Gasteiger partial charge in [0.15, 0.2) is 17.0 Å². The second-order valence-electron chi connectivity index (χ2n) is 4.98. The number of hydrogen-bond donors (Lipinski definition) is 3. The number of nitrogens with one attached hydrogen (secondary N) is 2. The van der Waals surface area contributed by atoms with Crippen LogP contribution < -0.4 is 15.4 Å². The minimum absolute atomic E-state index is 0.108. The van der Waals surface area contributed by atoms with Gasteiger partial charge in [0.2, 0.25) is 5.95 Å². The molecule has 0 aliphatic rings. The lowest BCUT2D eigenvalue weighted by molar-refractivity contribution is 0.292. The van der Waals surface area contributed by atoms with E-state index in [1.54, 1.807) is 19.5 Å². The minimum Gasteiger partial charge on any atom is -0.497 e. The van der Waals surface area contributed by atoms with Crippen LogP contribution in [0.1, 0.15) is 6.42 Å². The summed E-state index contributed by atoms with van der Waals surface area (Å²) in [5.41, 5.74) is 1.93. The van der Waals surface area contributed by atoms with Gasteiger partial charge in [-0.2, -0.15) is 9.97 Å². The number of nitrogens with zero attached hydrogens (tertiary/aromatic N) is 4. The first-order valence-electron chi connectivity index (χ1n) is 7.54. The molecule has 0 amide bonds. The Hall–Kier alpha value is -3.00. The molecule has 0 radical (unpaired) electrons. The predicted molar refractivity (Wildman–Crippen MR) is 91.6 cm³/mol. The van der Waals surface area contributed by atoms with Crippen molar-refractivity contribution in [3.63, 3.8) is 0 Å². The zero-order valence-electron chi connectivity index (χ0n) is 13.2. The van der Waals surface area contributed by atoms with E-state index < -0.39 is 0 Å². The number of aliphatic hydroxyl groups is 1. The zero-order chi connectivity index (χ0) is 16.8. The molecule has 0 saturated heterocycles. The summed E-state index contributed by atoms with van der Waals surface area (Å²) in [4.78, 5) is 17.3. The third-order valence-corrected chi connectivity index (χ3v) is 3.30. The van der Waals surface area contributed by atoms with Gasteiger partial charge in [-0.3, -0.25) is 0 Å². The highest BCUT2D eigenvalue weighted by Gasteiger charge is 2.10. The number of hydrogen-bond acceptors (Lipinski definition) is 8. The Morgan fingerprint density at radius 1 is 1.08 bits per heavy atom. The van der Waals surface area contributed by atoms with E-state index in [9.17, 15) is 0 Å². The summed E-state index contributed by atoms with van der Waals surface area (Å²) in [5.74, 6) is 1.77. The topological polar surface area (TPSA) is 105 Å². The van der Waals surface area contributed by atoms with Crippen molar-refractivity contribution in [2.24, 2.45) is 0 Å². The molecule has 24 heavy (non-hydrogen) atoms. The third kappa shape index (κ3) is 3.66. The largest absolute Gasteiger partial charge is 0.497 e. The molecule has 2 aromatic heterocycles. The molecule has 0 aliphatic carbocycles. The first-order valence-corrected chi connectivity index (χ1v) is 7.54. The summed E-state index contributed by atoms with van der Waals surface area (Å²) >= 11 is 0. The number of fused-ring (bicyclic) bond motifs is 1. The van der Waals surface area contributed by atoms with Crippen LogP contribution in [-0.2, 0) is 0 Å². The number of aromatic nitrogens is 4. The molecule has 0 bridgehead atoms. The van der Waals surface area contributed by atoms with Crippen LogP contribution in [0.3, 0.4) is 0 Å². The molecule has 3 rings (SSSR count). The average molecular weight is 326 g/mol. The molecule has 0 aliphatic heterocycles. The molecular formula is C16H18N6O2. The van der Waals surface area contributed by atoms with Crippen LogP contribution in [0.5, 0.6) is 5.75 Å². The summed E-state index contributed by atoms with van der Waals surface area (Å²) in [7, 11) is 1.63. The van der Waals surface area contributed by atoms with Gasteiger partial charge in [0.25, 0.3) is 0 Å². The van der Waals surface area contributed by atoms with Gasteiger partial charge in [-0.05, 0) is 30.7 Å². The third-order valence-electron chi connectivity index (χ3n) is 3.30. The summed E-state index contributed by atoms with van der Waals surface area (Å²) < 4.78 is 5.16. The number of benzene rings is 1. The predicted octanol–water partition coefficient (Wildman–Crippen LogP) is 1.97. The minimum atomic E-state index is 0.108. The lowest BCUT2D eigenvalue weighted by Gasteiger charge is -2.11. The Balaban J connectivity index is 1.91. The molecule has 3 aromatic rings. The standard InChI is InChI=1S/C16H18N6O2/c1-24-12-5-3-11(4-6-12)20-15-13-14(18-9-8-17-13)21-16(22-15)19-7-2-10-23/h3-6,8-9,23H,2,7,10H2,1H3,(H2,18,19,20,21,22). The maximum absolute atomic E-state index is 8.88. The number of rotatable bonds is 7. The smallest absolute Gasteiger partial charge is 0.226 e. The van der Waals surface area contributed by atoms with Gasteiger partial charge in [-0.1, -0.05) is 0 Å². The van der Waals surface area contributed by atoms with E-state index >= 15 is 0 Å². The molecule has 0 atom stereocenters. The fraction of sp³-hybridized carbons (Fsp3) is 0.250.